The van der Waals surface area contributed by atoms with Crippen LogP contribution in [0.2, 0.25) is 0 Å². The minimum absolute atomic E-state index is 0.107. The van der Waals surface area contributed by atoms with Gasteiger partial charge in [0.2, 0.25) is 0 Å². The molecule has 2 atom stereocenters. The average molecular weight is 345 g/mol. The SMILES string of the molecule is CCC(Oc1ccc(F)cc1)C(=O)NC(CC)c1ccc(OC)cc1. The Morgan fingerprint density at radius 1 is 1.00 bits per heavy atom. The predicted molar refractivity (Wildman–Crippen MR) is 95.3 cm³/mol. The molecule has 0 aliphatic heterocycles. The van der Waals surface area contributed by atoms with Gasteiger partial charge in [-0.15, -0.1) is 0 Å². The van der Waals surface area contributed by atoms with Crippen molar-refractivity contribution in [3.05, 3.63) is 59.9 Å². The van der Waals surface area contributed by atoms with Crippen LogP contribution in [0, 0.1) is 5.82 Å². The molecule has 0 aliphatic rings. The van der Waals surface area contributed by atoms with Crippen LogP contribution in [0.5, 0.6) is 11.5 Å². The Morgan fingerprint density at radius 2 is 1.60 bits per heavy atom. The Kier molecular flexibility index (Phi) is 6.81. The summed E-state index contributed by atoms with van der Waals surface area (Å²) in [5.41, 5.74) is 1.01. The van der Waals surface area contributed by atoms with Gasteiger partial charge in [0.05, 0.1) is 13.2 Å². The Morgan fingerprint density at radius 3 is 2.12 bits per heavy atom. The summed E-state index contributed by atoms with van der Waals surface area (Å²) in [6.07, 6.45) is 0.644. The molecule has 0 fully saturated rings. The van der Waals surface area contributed by atoms with Crippen LogP contribution in [0.1, 0.15) is 38.3 Å². The molecule has 2 rings (SSSR count). The molecule has 25 heavy (non-hydrogen) atoms. The van der Waals surface area contributed by atoms with Crippen molar-refractivity contribution >= 4 is 5.91 Å². The number of rotatable bonds is 8. The second-order valence-electron chi connectivity index (χ2n) is 5.71. The van der Waals surface area contributed by atoms with E-state index in [1.807, 2.05) is 38.1 Å². The first-order valence-corrected chi connectivity index (χ1v) is 8.43. The third-order valence-corrected chi connectivity index (χ3v) is 4.00. The van der Waals surface area contributed by atoms with Gasteiger partial charge in [-0.3, -0.25) is 4.79 Å². The Balaban J connectivity index is 2.03. The molecule has 0 aromatic heterocycles. The van der Waals surface area contributed by atoms with Crippen molar-refractivity contribution in [2.75, 3.05) is 7.11 Å². The van der Waals surface area contributed by atoms with Crippen LogP contribution in [0.25, 0.3) is 0 Å². The number of halogens is 1. The van der Waals surface area contributed by atoms with E-state index in [4.69, 9.17) is 9.47 Å². The molecule has 0 bridgehead atoms. The maximum absolute atomic E-state index is 13.0. The zero-order valence-electron chi connectivity index (χ0n) is 14.8. The molecule has 0 saturated heterocycles. The molecule has 2 unspecified atom stereocenters. The van der Waals surface area contributed by atoms with Gasteiger partial charge in [0, 0.05) is 0 Å². The Bertz CT molecular complexity index is 670. The second kappa shape index (κ2) is 9.06. The van der Waals surface area contributed by atoms with Gasteiger partial charge in [-0.2, -0.15) is 0 Å². The van der Waals surface area contributed by atoms with Crippen molar-refractivity contribution in [3.8, 4) is 11.5 Å². The maximum atomic E-state index is 13.0. The van der Waals surface area contributed by atoms with Gasteiger partial charge >= 0.3 is 0 Å². The first kappa shape index (κ1) is 18.8. The number of carbonyl (C=O) groups excluding carboxylic acids is 1. The highest BCUT2D eigenvalue weighted by Gasteiger charge is 2.22. The molecule has 0 heterocycles. The van der Waals surface area contributed by atoms with E-state index in [1.54, 1.807) is 7.11 Å². The van der Waals surface area contributed by atoms with Gasteiger partial charge < -0.3 is 14.8 Å². The van der Waals surface area contributed by atoms with Crippen molar-refractivity contribution < 1.29 is 18.7 Å². The van der Waals surface area contributed by atoms with Crippen molar-refractivity contribution in [1.29, 1.82) is 0 Å². The normalized spacial score (nSPS) is 13.0. The van der Waals surface area contributed by atoms with Crippen LogP contribution in [-0.2, 0) is 4.79 Å². The van der Waals surface area contributed by atoms with Crippen LogP contribution >= 0.6 is 0 Å². The minimum atomic E-state index is -0.627. The highest BCUT2D eigenvalue weighted by Crippen LogP contribution is 2.21. The summed E-state index contributed by atoms with van der Waals surface area (Å²) >= 11 is 0. The van der Waals surface area contributed by atoms with E-state index in [2.05, 4.69) is 5.32 Å². The summed E-state index contributed by atoms with van der Waals surface area (Å²) in [6.45, 7) is 3.89. The number of amides is 1. The van der Waals surface area contributed by atoms with E-state index in [0.717, 1.165) is 17.7 Å². The van der Waals surface area contributed by atoms with Crippen molar-refractivity contribution in [1.82, 2.24) is 5.32 Å². The lowest BCUT2D eigenvalue weighted by Gasteiger charge is -2.22. The molecular weight excluding hydrogens is 321 g/mol. The van der Waals surface area contributed by atoms with E-state index in [1.165, 1.54) is 24.3 Å². The van der Waals surface area contributed by atoms with Crippen molar-refractivity contribution in [3.63, 3.8) is 0 Å². The summed E-state index contributed by atoms with van der Waals surface area (Å²) in [5.74, 6) is 0.724. The highest BCUT2D eigenvalue weighted by atomic mass is 19.1. The van der Waals surface area contributed by atoms with E-state index in [0.29, 0.717) is 12.2 Å². The van der Waals surface area contributed by atoms with Crippen LogP contribution in [-0.4, -0.2) is 19.1 Å². The van der Waals surface area contributed by atoms with Gasteiger partial charge in [-0.05, 0) is 54.8 Å². The Labute approximate surface area is 148 Å². The molecule has 0 saturated carbocycles. The molecule has 134 valence electrons. The first-order valence-electron chi connectivity index (χ1n) is 8.43. The summed E-state index contributed by atoms with van der Waals surface area (Å²) in [5, 5.41) is 3.02. The number of nitrogens with one attached hydrogen (secondary N) is 1. The molecule has 1 amide bonds. The predicted octanol–water partition coefficient (Wildman–Crippen LogP) is 4.26. The molecular formula is C20H24FNO3. The number of hydrogen-bond acceptors (Lipinski definition) is 3. The standard InChI is InChI=1S/C20H24FNO3/c1-4-18(14-6-10-16(24-3)11-7-14)22-20(23)19(5-2)25-17-12-8-15(21)9-13-17/h6-13,18-19H,4-5H2,1-3H3,(H,22,23). The molecule has 2 aromatic carbocycles. The molecule has 1 N–H and O–H groups in total. The van der Waals surface area contributed by atoms with E-state index < -0.39 is 6.10 Å². The average Bonchev–Trinajstić information content (AvgIpc) is 2.65. The van der Waals surface area contributed by atoms with Crippen molar-refractivity contribution in [2.45, 2.75) is 38.8 Å². The summed E-state index contributed by atoms with van der Waals surface area (Å²) in [4.78, 5) is 12.6. The lowest BCUT2D eigenvalue weighted by molar-refractivity contribution is -0.128. The minimum Gasteiger partial charge on any atom is -0.497 e. The zero-order valence-corrected chi connectivity index (χ0v) is 14.8. The third-order valence-electron chi connectivity index (χ3n) is 4.00. The molecule has 0 radical (unpaired) electrons. The van der Waals surface area contributed by atoms with Crippen molar-refractivity contribution in [2.24, 2.45) is 0 Å². The largest absolute Gasteiger partial charge is 0.497 e. The monoisotopic (exact) mass is 345 g/mol. The summed E-state index contributed by atoms with van der Waals surface area (Å²) in [6, 6.07) is 13.2. The second-order valence-corrected chi connectivity index (χ2v) is 5.71. The maximum Gasteiger partial charge on any atom is 0.261 e. The van der Waals surface area contributed by atoms with Crippen LogP contribution in [0.3, 0.4) is 0 Å². The molecule has 5 heteroatoms. The zero-order chi connectivity index (χ0) is 18.2. The van der Waals surface area contributed by atoms with Gasteiger partial charge in [-0.25, -0.2) is 4.39 Å². The summed E-state index contributed by atoms with van der Waals surface area (Å²) < 4.78 is 23.8. The highest BCUT2D eigenvalue weighted by molar-refractivity contribution is 5.81. The number of ether oxygens (including phenoxy) is 2. The molecule has 0 aliphatic carbocycles. The molecule has 4 nitrogen and oxygen atoms in total. The number of hydrogen-bond donors (Lipinski definition) is 1. The number of carbonyl (C=O) groups is 1. The van der Waals surface area contributed by atoms with E-state index in [9.17, 15) is 9.18 Å². The quantitative estimate of drug-likeness (QED) is 0.778. The molecule has 0 spiro atoms. The Hall–Kier alpha value is -2.56. The fourth-order valence-electron chi connectivity index (χ4n) is 2.52. The lowest BCUT2D eigenvalue weighted by Crippen LogP contribution is -2.39. The lowest BCUT2D eigenvalue weighted by atomic mass is 10.0. The smallest absolute Gasteiger partial charge is 0.261 e. The van der Waals surface area contributed by atoms with Gasteiger partial charge in [0.15, 0.2) is 6.10 Å². The van der Waals surface area contributed by atoms with Gasteiger partial charge in [-0.1, -0.05) is 26.0 Å². The van der Waals surface area contributed by atoms with Gasteiger partial charge in [0.25, 0.3) is 5.91 Å². The molecule has 2 aromatic rings. The van der Waals surface area contributed by atoms with Gasteiger partial charge in [0.1, 0.15) is 17.3 Å². The first-order chi connectivity index (χ1) is 12.1. The van der Waals surface area contributed by atoms with E-state index >= 15 is 0 Å². The fraction of sp³-hybridized carbons (Fsp3) is 0.350. The van der Waals surface area contributed by atoms with E-state index in [-0.39, 0.29) is 17.8 Å². The fourth-order valence-corrected chi connectivity index (χ4v) is 2.52. The summed E-state index contributed by atoms with van der Waals surface area (Å²) in [7, 11) is 1.62. The van der Waals surface area contributed by atoms with Crippen LogP contribution < -0.4 is 14.8 Å². The van der Waals surface area contributed by atoms with Crippen LogP contribution in [0.15, 0.2) is 48.5 Å². The van der Waals surface area contributed by atoms with Crippen LogP contribution in [0.4, 0.5) is 4.39 Å². The third kappa shape index (κ3) is 5.21. The topological polar surface area (TPSA) is 47.6 Å². The number of methoxy groups -OCH3 is 1. The number of benzene rings is 2.